The molecule has 0 aliphatic rings. The van der Waals surface area contributed by atoms with Crippen molar-refractivity contribution in [1.29, 1.82) is 0 Å². The van der Waals surface area contributed by atoms with E-state index in [1.165, 1.54) is 17.4 Å². The molecule has 10 heteroatoms. The highest BCUT2D eigenvalue weighted by atomic mass is 127. The van der Waals surface area contributed by atoms with Crippen LogP contribution in [0.5, 0.6) is 0 Å². The van der Waals surface area contributed by atoms with Crippen molar-refractivity contribution in [3.8, 4) is 0 Å². The Morgan fingerprint density at radius 3 is 2.59 bits per heavy atom. The Labute approximate surface area is 181 Å². The van der Waals surface area contributed by atoms with E-state index in [2.05, 4.69) is 15.6 Å². The van der Waals surface area contributed by atoms with E-state index in [9.17, 15) is 18.3 Å². The number of halogens is 5. The number of nitrogens with one attached hydrogen (secondary N) is 2. The van der Waals surface area contributed by atoms with Gasteiger partial charge in [-0.3, -0.25) is 0 Å². The van der Waals surface area contributed by atoms with Crippen molar-refractivity contribution in [2.45, 2.75) is 25.7 Å². The van der Waals surface area contributed by atoms with Gasteiger partial charge in [0.05, 0.1) is 16.4 Å². The van der Waals surface area contributed by atoms with Crippen LogP contribution in [0.3, 0.4) is 0 Å². The number of hydrogen-bond donors (Lipinski definition) is 3. The molecule has 1 heterocycles. The average molecular weight is 534 g/mol. The van der Waals surface area contributed by atoms with Crippen LogP contribution in [-0.4, -0.2) is 24.2 Å². The molecule has 2 rings (SSSR count). The van der Waals surface area contributed by atoms with Gasteiger partial charge >= 0.3 is 6.18 Å². The smallest absolute Gasteiger partial charge is 0.386 e. The fraction of sp³-hybridized carbons (Fsp3) is 0.353. The highest BCUT2D eigenvalue weighted by Crippen LogP contribution is 2.29. The van der Waals surface area contributed by atoms with Crippen molar-refractivity contribution in [2.24, 2.45) is 4.99 Å². The zero-order valence-corrected chi connectivity index (χ0v) is 18.3. The summed E-state index contributed by atoms with van der Waals surface area (Å²) in [6, 6.07) is 8.50. The first kappa shape index (κ1) is 24.0. The third kappa shape index (κ3) is 7.84. The molecule has 0 saturated carbocycles. The lowest BCUT2D eigenvalue weighted by atomic mass is 10.1. The van der Waals surface area contributed by atoms with Crippen LogP contribution in [0.25, 0.3) is 0 Å². The molecule has 150 valence electrons. The van der Waals surface area contributed by atoms with Gasteiger partial charge < -0.3 is 15.7 Å². The Bertz CT molecular complexity index is 755. The number of rotatable bonds is 6. The molecule has 0 bridgehead atoms. The predicted molar refractivity (Wildman–Crippen MR) is 114 cm³/mol. The predicted octanol–water partition coefficient (Wildman–Crippen LogP) is 4.83. The van der Waals surface area contributed by atoms with Crippen molar-refractivity contribution in [3.05, 3.63) is 56.7 Å². The Balaban J connectivity index is 0.00000364. The SMILES string of the molecule is CCNC(=NCc1cccc(C(F)(F)F)c1)NCC(O)c1ccc(Cl)s1.I. The summed E-state index contributed by atoms with van der Waals surface area (Å²) >= 11 is 7.13. The third-order valence-electron chi connectivity index (χ3n) is 3.40. The lowest BCUT2D eigenvalue weighted by Crippen LogP contribution is -2.39. The maximum atomic E-state index is 12.8. The monoisotopic (exact) mass is 533 g/mol. The Kier molecular flexibility index (Phi) is 9.85. The van der Waals surface area contributed by atoms with Crippen molar-refractivity contribution in [3.63, 3.8) is 0 Å². The summed E-state index contributed by atoms with van der Waals surface area (Å²) in [5.74, 6) is 0.409. The number of benzene rings is 1. The standard InChI is InChI=1S/C17H19ClF3N3OS.HI/c1-2-22-16(24-10-13(25)14-6-7-15(18)26-14)23-9-11-4-3-5-12(8-11)17(19,20)21;/h3-8,13,25H,2,9-10H2,1H3,(H2,22,23,24);1H. The second-order valence-corrected chi connectivity index (χ2v) is 7.18. The van der Waals surface area contributed by atoms with E-state index in [1.807, 2.05) is 6.92 Å². The van der Waals surface area contributed by atoms with Crippen LogP contribution in [0.4, 0.5) is 13.2 Å². The minimum atomic E-state index is -4.38. The molecule has 1 aromatic carbocycles. The number of aliphatic hydroxyl groups excluding tert-OH is 1. The van der Waals surface area contributed by atoms with E-state index in [1.54, 1.807) is 18.2 Å². The van der Waals surface area contributed by atoms with Crippen LogP contribution in [-0.2, 0) is 12.7 Å². The summed E-state index contributed by atoms with van der Waals surface area (Å²) in [7, 11) is 0. The van der Waals surface area contributed by atoms with Crippen LogP contribution in [0.15, 0.2) is 41.4 Å². The Hall–Kier alpha value is -1.04. The van der Waals surface area contributed by atoms with Gasteiger partial charge in [0, 0.05) is 18.0 Å². The van der Waals surface area contributed by atoms with Gasteiger partial charge in [0.1, 0.15) is 6.10 Å². The van der Waals surface area contributed by atoms with Crippen LogP contribution in [0, 0.1) is 0 Å². The van der Waals surface area contributed by atoms with Gasteiger partial charge in [-0.05, 0) is 36.8 Å². The van der Waals surface area contributed by atoms with Crippen LogP contribution in [0.1, 0.15) is 29.0 Å². The lowest BCUT2D eigenvalue weighted by Gasteiger charge is -2.14. The number of hydrogen-bond acceptors (Lipinski definition) is 3. The quantitative estimate of drug-likeness (QED) is 0.283. The zero-order chi connectivity index (χ0) is 19.2. The fourth-order valence-corrected chi connectivity index (χ4v) is 3.21. The number of thiophene rings is 1. The molecule has 0 aliphatic carbocycles. The highest BCUT2D eigenvalue weighted by Gasteiger charge is 2.30. The fourth-order valence-electron chi connectivity index (χ4n) is 2.16. The number of guanidine groups is 1. The van der Waals surface area contributed by atoms with Gasteiger partial charge in [-0.1, -0.05) is 23.7 Å². The van der Waals surface area contributed by atoms with Crippen molar-refractivity contribution in [2.75, 3.05) is 13.1 Å². The topological polar surface area (TPSA) is 56.7 Å². The first-order chi connectivity index (χ1) is 12.3. The van der Waals surface area contributed by atoms with Crippen molar-refractivity contribution < 1.29 is 18.3 Å². The van der Waals surface area contributed by atoms with Gasteiger partial charge in [-0.2, -0.15) is 13.2 Å². The number of alkyl halides is 3. The van der Waals surface area contributed by atoms with E-state index in [0.717, 1.165) is 17.0 Å². The zero-order valence-electron chi connectivity index (χ0n) is 14.4. The summed E-state index contributed by atoms with van der Waals surface area (Å²) in [5.41, 5.74) is -0.254. The molecule has 1 atom stereocenters. The number of nitrogens with zero attached hydrogens (tertiary/aromatic N) is 1. The Morgan fingerprint density at radius 2 is 2.00 bits per heavy atom. The molecule has 1 unspecified atom stereocenters. The molecule has 0 saturated heterocycles. The Morgan fingerprint density at radius 1 is 1.26 bits per heavy atom. The van der Waals surface area contributed by atoms with E-state index in [4.69, 9.17) is 11.6 Å². The molecule has 2 aromatic rings. The molecule has 0 aliphatic heterocycles. The van der Waals surface area contributed by atoms with Crippen molar-refractivity contribution in [1.82, 2.24) is 10.6 Å². The summed E-state index contributed by atoms with van der Waals surface area (Å²) in [6.07, 6.45) is -5.14. The van der Waals surface area contributed by atoms with E-state index >= 15 is 0 Å². The summed E-state index contributed by atoms with van der Waals surface area (Å²) < 4.78 is 38.9. The van der Waals surface area contributed by atoms with E-state index < -0.39 is 17.8 Å². The van der Waals surface area contributed by atoms with Crippen LogP contribution < -0.4 is 10.6 Å². The maximum Gasteiger partial charge on any atom is 0.416 e. The van der Waals surface area contributed by atoms with Gasteiger partial charge in [-0.25, -0.2) is 4.99 Å². The second kappa shape index (κ2) is 11.1. The molecule has 0 amide bonds. The molecular weight excluding hydrogens is 514 g/mol. The first-order valence-corrected chi connectivity index (χ1v) is 9.10. The largest absolute Gasteiger partial charge is 0.416 e. The second-order valence-electron chi connectivity index (χ2n) is 5.43. The average Bonchev–Trinajstić information content (AvgIpc) is 3.03. The molecular formula is C17H20ClF3IN3OS. The van der Waals surface area contributed by atoms with Gasteiger partial charge in [-0.15, -0.1) is 35.3 Å². The summed E-state index contributed by atoms with van der Waals surface area (Å²) in [6.45, 7) is 2.73. The molecule has 1 aromatic heterocycles. The summed E-state index contributed by atoms with van der Waals surface area (Å²) in [4.78, 5) is 4.99. The molecule has 3 N–H and O–H groups in total. The normalized spacial score (nSPS) is 13.0. The minimum Gasteiger partial charge on any atom is -0.386 e. The van der Waals surface area contributed by atoms with E-state index in [0.29, 0.717) is 22.4 Å². The number of aliphatic imine (C=N–C) groups is 1. The highest BCUT2D eigenvalue weighted by molar-refractivity contribution is 14.0. The van der Waals surface area contributed by atoms with E-state index in [-0.39, 0.29) is 37.1 Å². The van der Waals surface area contributed by atoms with Gasteiger partial charge in [0.15, 0.2) is 5.96 Å². The molecule has 0 spiro atoms. The van der Waals surface area contributed by atoms with Gasteiger partial charge in [0.25, 0.3) is 0 Å². The minimum absolute atomic E-state index is 0. The lowest BCUT2D eigenvalue weighted by molar-refractivity contribution is -0.137. The van der Waals surface area contributed by atoms with Crippen molar-refractivity contribution >= 4 is 52.9 Å². The molecule has 0 fully saturated rings. The van der Waals surface area contributed by atoms with Crippen LogP contribution >= 0.6 is 46.9 Å². The molecule has 4 nitrogen and oxygen atoms in total. The number of aliphatic hydroxyl groups is 1. The summed E-state index contributed by atoms with van der Waals surface area (Å²) in [5, 5.41) is 16.1. The first-order valence-electron chi connectivity index (χ1n) is 7.91. The molecule has 0 radical (unpaired) electrons. The third-order valence-corrected chi connectivity index (χ3v) is 4.74. The van der Waals surface area contributed by atoms with Gasteiger partial charge in [0.2, 0.25) is 0 Å². The maximum absolute atomic E-state index is 12.8. The van der Waals surface area contributed by atoms with Crippen LogP contribution in [0.2, 0.25) is 4.34 Å². The molecule has 27 heavy (non-hydrogen) atoms.